The number of carbonyl (C=O) groups excluding carboxylic acids is 1. The summed E-state index contributed by atoms with van der Waals surface area (Å²) in [6, 6.07) is 7.92. The van der Waals surface area contributed by atoms with Gasteiger partial charge in [-0.3, -0.25) is 14.5 Å². The van der Waals surface area contributed by atoms with Crippen LogP contribution in [-0.2, 0) is 27.5 Å². The van der Waals surface area contributed by atoms with Gasteiger partial charge in [0.15, 0.2) is 0 Å². The van der Waals surface area contributed by atoms with Crippen molar-refractivity contribution in [2.75, 3.05) is 26.2 Å². The van der Waals surface area contributed by atoms with Crippen LogP contribution in [0.1, 0.15) is 37.3 Å². The predicted molar refractivity (Wildman–Crippen MR) is 95.0 cm³/mol. The van der Waals surface area contributed by atoms with Crippen molar-refractivity contribution >= 4 is 11.9 Å². The van der Waals surface area contributed by atoms with E-state index < -0.39 is 5.97 Å². The lowest BCUT2D eigenvalue weighted by Crippen LogP contribution is -2.44. The number of nitrogens with zero attached hydrogens (tertiary/aromatic N) is 1. The molecule has 1 aromatic carbocycles. The first-order chi connectivity index (χ1) is 12.1. The maximum absolute atomic E-state index is 12.2. The molecule has 0 spiro atoms. The molecule has 2 rings (SSSR count). The van der Waals surface area contributed by atoms with Gasteiger partial charge >= 0.3 is 5.97 Å². The topological polar surface area (TPSA) is 78.9 Å². The molecule has 1 fully saturated rings. The van der Waals surface area contributed by atoms with Crippen molar-refractivity contribution in [3.8, 4) is 0 Å². The molecule has 6 heteroatoms. The molecule has 0 aliphatic carbocycles. The number of likely N-dealkylation sites (tertiary alicyclic amines) is 1. The number of nitrogens with one attached hydrogen (secondary N) is 1. The minimum Gasteiger partial charge on any atom is -0.481 e. The van der Waals surface area contributed by atoms with E-state index in [4.69, 9.17) is 9.84 Å². The third-order valence-electron chi connectivity index (χ3n) is 4.42. The molecule has 25 heavy (non-hydrogen) atoms. The number of hydrogen-bond donors (Lipinski definition) is 2. The van der Waals surface area contributed by atoms with E-state index in [1.54, 1.807) is 0 Å². The Kier molecular flexibility index (Phi) is 7.88. The second kappa shape index (κ2) is 10.2. The molecule has 1 aromatic rings. The summed E-state index contributed by atoms with van der Waals surface area (Å²) in [4.78, 5) is 25.2. The molecule has 1 unspecified atom stereocenters. The number of amides is 1. The van der Waals surface area contributed by atoms with E-state index in [2.05, 4.69) is 12.2 Å². The molecule has 0 saturated carbocycles. The molecule has 138 valence electrons. The average Bonchev–Trinajstić information content (AvgIpc) is 2.61. The first-order valence-corrected chi connectivity index (χ1v) is 8.96. The van der Waals surface area contributed by atoms with Gasteiger partial charge in [-0.15, -0.1) is 0 Å². The van der Waals surface area contributed by atoms with Crippen LogP contribution in [0.3, 0.4) is 0 Å². The third kappa shape index (κ3) is 6.48. The van der Waals surface area contributed by atoms with Crippen LogP contribution in [-0.4, -0.2) is 48.1 Å². The maximum atomic E-state index is 12.2. The van der Waals surface area contributed by atoms with E-state index in [-0.39, 0.29) is 18.4 Å². The van der Waals surface area contributed by atoms with Crippen molar-refractivity contribution < 1.29 is 19.4 Å². The Balaban J connectivity index is 1.81. The van der Waals surface area contributed by atoms with Gasteiger partial charge in [0.25, 0.3) is 0 Å². The average molecular weight is 348 g/mol. The summed E-state index contributed by atoms with van der Waals surface area (Å²) < 4.78 is 5.60. The van der Waals surface area contributed by atoms with Crippen molar-refractivity contribution in [3.63, 3.8) is 0 Å². The summed E-state index contributed by atoms with van der Waals surface area (Å²) in [6.07, 6.45) is 2.49. The fourth-order valence-corrected chi connectivity index (χ4v) is 3.05. The van der Waals surface area contributed by atoms with E-state index in [1.807, 2.05) is 29.2 Å². The summed E-state index contributed by atoms with van der Waals surface area (Å²) in [7, 11) is 0. The molecule has 2 N–H and O–H groups in total. The highest BCUT2D eigenvalue weighted by Crippen LogP contribution is 2.16. The zero-order valence-corrected chi connectivity index (χ0v) is 14.9. The van der Waals surface area contributed by atoms with Crippen LogP contribution < -0.4 is 5.32 Å². The van der Waals surface area contributed by atoms with Crippen molar-refractivity contribution in [2.45, 2.75) is 39.3 Å². The van der Waals surface area contributed by atoms with Gasteiger partial charge in [0.2, 0.25) is 5.91 Å². The normalized spacial score (nSPS) is 18.0. The molecule has 1 saturated heterocycles. The summed E-state index contributed by atoms with van der Waals surface area (Å²) in [5.41, 5.74) is 2.13. The molecule has 1 aliphatic heterocycles. The molecular formula is C19H28N2O4. The van der Waals surface area contributed by atoms with Crippen LogP contribution >= 0.6 is 0 Å². The molecule has 1 amide bonds. The smallest absolute Gasteiger partial charge is 0.307 e. The number of benzene rings is 1. The number of hydrogen-bond acceptors (Lipinski definition) is 4. The van der Waals surface area contributed by atoms with E-state index in [9.17, 15) is 9.59 Å². The van der Waals surface area contributed by atoms with Gasteiger partial charge in [0, 0.05) is 19.7 Å². The largest absolute Gasteiger partial charge is 0.481 e. The van der Waals surface area contributed by atoms with Crippen molar-refractivity contribution in [1.29, 1.82) is 0 Å². The minimum absolute atomic E-state index is 0.0738. The minimum atomic E-state index is -0.772. The maximum Gasteiger partial charge on any atom is 0.307 e. The molecule has 0 bridgehead atoms. The first kappa shape index (κ1) is 19.4. The van der Waals surface area contributed by atoms with Crippen LogP contribution in [0.4, 0.5) is 0 Å². The Labute approximate surface area is 149 Å². The quantitative estimate of drug-likeness (QED) is 0.668. The molecule has 0 aromatic heterocycles. The molecule has 0 radical (unpaired) electrons. The number of carboxylic acids is 1. The fourth-order valence-electron chi connectivity index (χ4n) is 3.05. The van der Waals surface area contributed by atoms with Crippen LogP contribution in [0.5, 0.6) is 0 Å². The Morgan fingerprint density at radius 1 is 1.32 bits per heavy atom. The molecular weight excluding hydrogens is 320 g/mol. The van der Waals surface area contributed by atoms with Crippen LogP contribution in [0.15, 0.2) is 24.3 Å². The SMILES string of the molecule is CCCOCc1ccccc1CNC(=O)CN1CCCC(C(=O)O)C1. The second-order valence-corrected chi connectivity index (χ2v) is 6.51. The summed E-state index contributed by atoms with van der Waals surface area (Å²) in [5.74, 6) is -1.21. The van der Waals surface area contributed by atoms with Gasteiger partial charge in [-0.05, 0) is 36.9 Å². The standard InChI is InChI=1S/C19H28N2O4/c1-2-10-25-14-17-7-4-3-6-15(17)11-20-18(22)13-21-9-5-8-16(12-21)19(23)24/h3-4,6-7,16H,2,5,8-14H2,1H3,(H,20,22)(H,23,24). The number of rotatable bonds is 9. The highest BCUT2D eigenvalue weighted by atomic mass is 16.5. The lowest BCUT2D eigenvalue weighted by Gasteiger charge is -2.29. The van der Waals surface area contributed by atoms with Gasteiger partial charge in [-0.25, -0.2) is 0 Å². The number of piperidine rings is 1. The third-order valence-corrected chi connectivity index (χ3v) is 4.42. The van der Waals surface area contributed by atoms with Gasteiger partial charge in [0.1, 0.15) is 0 Å². The van der Waals surface area contributed by atoms with Gasteiger partial charge in [0.05, 0.1) is 19.1 Å². The molecule has 1 heterocycles. The zero-order chi connectivity index (χ0) is 18.1. The lowest BCUT2D eigenvalue weighted by atomic mass is 9.98. The monoisotopic (exact) mass is 348 g/mol. The van der Waals surface area contributed by atoms with E-state index in [0.29, 0.717) is 26.1 Å². The van der Waals surface area contributed by atoms with Crippen molar-refractivity contribution in [1.82, 2.24) is 10.2 Å². The zero-order valence-electron chi connectivity index (χ0n) is 14.9. The van der Waals surface area contributed by atoms with Gasteiger partial charge in [-0.1, -0.05) is 31.2 Å². The van der Waals surface area contributed by atoms with Crippen LogP contribution in [0.2, 0.25) is 0 Å². The number of carboxylic acid groups (broad SMARTS) is 1. The number of ether oxygens (including phenoxy) is 1. The second-order valence-electron chi connectivity index (χ2n) is 6.51. The highest BCUT2D eigenvalue weighted by molar-refractivity contribution is 5.78. The first-order valence-electron chi connectivity index (χ1n) is 8.96. The predicted octanol–water partition coefficient (Wildman–Crippen LogP) is 2.03. The Morgan fingerprint density at radius 2 is 2.08 bits per heavy atom. The summed E-state index contributed by atoms with van der Waals surface area (Å²) in [5, 5.41) is 12.1. The Bertz CT molecular complexity index is 576. The van der Waals surface area contributed by atoms with Gasteiger partial charge < -0.3 is 15.2 Å². The van der Waals surface area contributed by atoms with E-state index in [0.717, 1.165) is 37.1 Å². The fraction of sp³-hybridized carbons (Fsp3) is 0.579. The Hall–Kier alpha value is -1.92. The van der Waals surface area contributed by atoms with Gasteiger partial charge in [-0.2, -0.15) is 0 Å². The van der Waals surface area contributed by atoms with Crippen LogP contribution in [0.25, 0.3) is 0 Å². The van der Waals surface area contributed by atoms with Crippen molar-refractivity contribution in [2.24, 2.45) is 5.92 Å². The number of aliphatic carboxylic acids is 1. The van der Waals surface area contributed by atoms with Crippen molar-refractivity contribution in [3.05, 3.63) is 35.4 Å². The summed E-state index contributed by atoms with van der Waals surface area (Å²) >= 11 is 0. The van der Waals surface area contributed by atoms with E-state index in [1.165, 1.54) is 0 Å². The molecule has 1 aliphatic rings. The molecule has 6 nitrogen and oxygen atoms in total. The Morgan fingerprint density at radius 3 is 2.80 bits per heavy atom. The summed E-state index contributed by atoms with van der Waals surface area (Å²) in [6.45, 7) is 5.27. The molecule has 1 atom stereocenters. The lowest BCUT2D eigenvalue weighted by molar-refractivity contribution is -0.144. The van der Waals surface area contributed by atoms with Crippen LogP contribution in [0, 0.1) is 5.92 Å². The highest BCUT2D eigenvalue weighted by Gasteiger charge is 2.26. The number of carbonyl (C=O) groups is 2. The van der Waals surface area contributed by atoms with E-state index >= 15 is 0 Å².